The first-order chi connectivity index (χ1) is 27.4. The van der Waals surface area contributed by atoms with Gasteiger partial charge in [-0.15, -0.1) is 0 Å². The Morgan fingerprint density at radius 2 is 0.911 bits per heavy atom. The predicted octanol–water partition coefficient (Wildman–Crippen LogP) is 11.3. The summed E-state index contributed by atoms with van der Waals surface area (Å²) in [6.45, 7) is 1.87. The van der Waals surface area contributed by atoms with E-state index < -0.39 is 0 Å². The zero-order chi connectivity index (χ0) is 37.9. The van der Waals surface area contributed by atoms with Crippen molar-refractivity contribution in [3.05, 3.63) is 161 Å². The normalized spacial score (nSPS) is 13.0. The van der Waals surface area contributed by atoms with Gasteiger partial charge in [-0.05, 0) is 103 Å². The summed E-state index contributed by atoms with van der Waals surface area (Å²) in [5, 5.41) is 35.2. The van der Waals surface area contributed by atoms with Crippen molar-refractivity contribution < 1.29 is 15.3 Å². The lowest BCUT2D eigenvalue weighted by Crippen LogP contribution is -2.04. The number of hydrogen-bond donors (Lipinski definition) is 5. The highest BCUT2D eigenvalue weighted by molar-refractivity contribution is 6.04. The van der Waals surface area contributed by atoms with Gasteiger partial charge < -0.3 is 25.3 Å². The molecule has 3 aromatic heterocycles. The van der Waals surface area contributed by atoms with E-state index in [1.165, 1.54) is 0 Å². The number of aromatic hydroxyl groups is 1. The fourth-order valence-corrected chi connectivity index (χ4v) is 7.66. The van der Waals surface area contributed by atoms with Crippen LogP contribution in [0.15, 0.2) is 131 Å². The van der Waals surface area contributed by atoms with Crippen LogP contribution in [0.1, 0.15) is 39.5 Å². The number of hydrogen-bond acceptors (Lipinski definition) is 5. The number of aliphatic hydroxyl groups is 2. The molecule has 4 aliphatic heterocycles. The third kappa shape index (κ3) is 5.57. The van der Waals surface area contributed by atoms with Crippen molar-refractivity contribution in [1.29, 1.82) is 0 Å². The molecule has 0 unspecified atom stereocenters. The van der Waals surface area contributed by atoms with Crippen LogP contribution in [0.25, 0.3) is 79.8 Å². The highest BCUT2D eigenvalue weighted by Crippen LogP contribution is 2.41. The Morgan fingerprint density at radius 3 is 1.48 bits per heavy atom. The number of aliphatic imine (C=N–C) groups is 2. The summed E-state index contributed by atoms with van der Waals surface area (Å²) in [4.78, 5) is 26.9. The Bertz CT molecular complexity index is 2880. The van der Waals surface area contributed by atoms with E-state index in [0.29, 0.717) is 39.3 Å². The largest absolute Gasteiger partial charge is 0.506 e. The molecule has 11 rings (SSSR count). The van der Waals surface area contributed by atoms with Crippen molar-refractivity contribution in [3.8, 4) is 39.1 Å². The minimum atomic E-state index is -0.361. The lowest BCUT2D eigenvalue weighted by molar-refractivity contribution is 0.470. The van der Waals surface area contributed by atoms with Crippen molar-refractivity contribution in [1.82, 2.24) is 19.9 Å². The molecule has 9 heteroatoms. The van der Waals surface area contributed by atoms with Gasteiger partial charge in [0.1, 0.15) is 5.75 Å². The summed E-state index contributed by atoms with van der Waals surface area (Å²) >= 11 is 0. The summed E-state index contributed by atoms with van der Waals surface area (Å²) in [6.07, 6.45) is 7.91. The number of rotatable bonds is 0. The van der Waals surface area contributed by atoms with Crippen LogP contribution in [0.5, 0.6) is 5.75 Å². The second kappa shape index (κ2) is 13.0. The van der Waals surface area contributed by atoms with Crippen LogP contribution in [-0.4, -0.2) is 47.1 Å². The average Bonchev–Trinajstić information content (AvgIpc) is 4.04. The molecule has 14 bridgehead atoms. The third-order valence-electron chi connectivity index (χ3n) is 10.3. The van der Waals surface area contributed by atoms with Crippen molar-refractivity contribution in [3.63, 3.8) is 0 Å². The first kappa shape index (κ1) is 32.8. The summed E-state index contributed by atoms with van der Waals surface area (Å²) in [6, 6.07) is 37.8. The van der Waals surface area contributed by atoms with E-state index in [2.05, 4.69) is 9.97 Å². The molecule has 0 atom stereocenters. The molecule has 5 N–H and O–H groups in total. The first-order valence-electron chi connectivity index (χ1n) is 18.1. The molecule has 0 amide bonds. The number of phenols is 1. The number of H-pyrrole nitrogens is 2. The average molecular weight is 729 g/mol. The number of aromatic nitrogens is 4. The standard InChI is InChI=1S/C47H32N6O3/c1-26-31-10-6-11-32(26)46(55)52-37-14-4-2-8-34(37)43-39-20-16-27(48-39)24-29-18-22-41(50-29)44(42-23-19-30(51-42)25-28-17-21-40(43)49-28)35-9-3-5-15-38(35)53-47(56)36-13-7-12-33(31)45(36)54/h2-25,48,51,54H,1H3,(H,52,55)(H,53,56). The molecule has 0 spiro atoms. The van der Waals surface area contributed by atoms with Crippen LogP contribution in [0.3, 0.4) is 0 Å². The van der Waals surface area contributed by atoms with E-state index in [1.54, 1.807) is 30.3 Å². The van der Waals surface area contributed by atoms with Crippen LogP contribution >= 0.6 is 0 Å². The van der Waals surface area contributed by atoms with Crippen LogP contribution < -0.4 is 0 Å². The molecule has 9 nitrogen and oxygen atoms in total. The Labute approximate surface area is 320 Å². The topological polar surface area (TPSA) is 143 Å². The lowest BCUT2D eigenvalue weighted by Gasteiger charge is -2.14. The maximum absolute atomic E-state index is 11.8. The van der Waals surface area contributed by atoms with Crippen molar-refractivity contribution in [2.75, 3.05) is 0 Å². The number of phenolic OH excluding ortho intramolecular Hbond substituents is 1. The summed E-state index contributed by atoms with van der Waals surface area (Å²) in [7, 11) is 0. The van der Waals surface area contributed by atoms with Gasteiger partial charge in [-0.1, -0.05) is 60.7 Å². The van der Waals surface area contributed by atoms with Gasteiger partial charge in [0.05, 0.1) is 39.7 Å². The van der Waals surface area contributed by atoms with Gasteiger partial charge in [-0.3, -0.25) is 0 Å². The van der Waals surface area contributed by atoms with Crippen molar-refractivity contribution >= 4 is 69.5 Å². The zero-order valence-corrected chi connectivity index (χ0v) is 30.0. The molecular formula is C47H32N6O3. The molecule has 7 aromatic rings. The fourth-order valence-electron chi connectivity index (χ4n) is 7.66. The monoisotopic (exact) mass is 728 g/mol. The Hall–Kier alpha value is -7.78. The number of aromatic amines is 2. The van der Waals surface area contributed by atoms with E-state index >= 15 is 0 Å². The van der Waals surface area contributed by atoms with Crippen LogP contribution in [0, 0.1) is 6.92 Å². The highest BCUT2D eigenvalue weighted by atomic mass is 16.3. The van der Waals surface area contributed by atoms with Crippen LogP contribution in [0.4, 0.5) is 11.4 Å². The number of para-hydroxylation sites is 3. The predicted molar refractivity (Wildman–Crippen MR) is 226 cm³/mol. The molecular weight excluding hydrogens is 697 g/mol. The van der Waals surface area contributed by atoms with Crippen LogP contribution in [0.2, 0.25) is 0 Å². The number of nitrogens with one attached hydrogen (secondary N) is 2. The second-order valence-corrected chi connectivity index (χ2v) is 13.8. The van der Waals surface area contributed by atoms with Gasteiger partial charge in [0.25, 0.3) is 0 Å². The van der Waals surface area contributed by atoms with Gasteiger partial charge >= 0.3 is 0 Å². The number of nitrogens with zero attached hydrogens (tertiary/aromatic N) is 4. The maximum Gasteiger partial charge on any atom is 0.222 e. The number of benzene rings is 4. The Morgan fingerprint density at radius 1 is 0.446 bits per heavy atom. The molecule has 0 fully saturated rings. The summed E-state index contributed by atoms with van der Waals surface area (Å²) < 4.78 is 0. The van der Waals surface area contributed by atoms with E-state index in [9.17, 15) is 15.3 Å². The quantitative estimate of drug-likeness (QED) is 0.106. The fraction of sp³-hybridized carbons (Fsp3) is 0.0213. The van der Waals surface area contributed by atoms with Gasteiger partial charge in [0, 0.05) is 55.4 Å². The van der Waals surface area contributed by atoms with E-state index in [4.69, 9.17) is 20.0 Å². The van der Waals surface area contributed by atoms with E-state index in [0.717, 1.165) is 61.4 Å². The smallest absolute Gasteiger partial charge is 0.222 e. The highest BCUT2D eigenvalue weighted by Gasteiger charge is 2.21. The number of aliphatic hydroxyl groups excluding tert-OH is 2. The minimum absolute atomic E-state index is 0.151. The SMILES string of the molecule is Cc1c2cccc1-c1cccc(c1O)C(O)=Nc1ccccc1-c1c3nc(cc4ccc([nH]4)c(c4nc(cc5ccc1[nH]5)C=C4)-c1ccccc1N=C2O)C=C3. The Kier molecular flexibility index (Phi) is 7.60. The van der Waals surface area contributed by atoms with Crippen molar-refractivity contribution in [2.45, 2.75) is 6.92 Å². The van der Waals surface area contributed by atoms with Gasteiger partial charge in [-0.2, -0.15) is 0 Å². The molecule has 7 heterocycles. The molecule has 56 heavy (non-hydrogen) atoms. The molecule has 4 aromatic carbocycles. The third-order valence-corrected chi connectivity index (χ3v) is 10.3. The molecule has 268 valence electrons. The lowest BCUT2D eigenvalue weighted by atomic mass is 9.94. The zero-order valence-electron chi connectivity index (χ0n) is 30.0. The van der Waals surface area contributed by atoms with E-state index in [-0.39, 0.29) is 23.1 Å². The van der Waals surface area contributed by atoms with Gasteiger partial charge in [0.15, 0.2) is 0 Å². The van der Waals surface area contributed by atoms with Gasteiger partial charge in [0.2, 0.25) is 11.8 Å². The second-order valence-electron chi connectivity index (χ2n) is 13.8. The summed E-state index contributed by atoms with van der Waals surface area (Å²) in [5.74, 6) is -0.704. The minimum Gasteiger partial charge on any atom is -0.506 e. The molecule has 4 aliphatic rings. The molecule has 0 radical (unpaired) electrons. The summed E-state index contributed by atoms with van der Waals surface area (Å²) in [5.41, 5.74) is 12.7. The molecule has 0 saturated carbocycles. The first-order valence-corrected chi connectivity index (χ1v) is 18.1. The van der Waals surface area contributed by atoms with Gasteiger partial charge in [-0.25, -0.2) is 20.0 Å². The van der Waals surface area contributed by atoms with E-state index in [1.807, 2.05) is 122 Å². The van der Waals surface area contributed by atoms with Crippen LogP contribution in [-0.2, 0) is 0 Å². The molecule has 0 saturated heterocycles. The molecule has 0 aliphatic carbocycles. The Balaban J connectivity index is 1.37. The van der Waals surface area contributed by atoms with Crippen molar-refractivity contribution in [2.24, 2.45) is 9.98 Å². The maximum atomic E-state index is 11.8.